The summed E-state index contributed by atoms with van der Waals surface area (Å²) in [5.74, 6) is 0.141. The number of pyridine rings is 2. The summed E-state index contributed by atoms with van der Waals surface area (Å²) >= 11 is 0. The van der Waals surface area contributed by atoms with Crippen LogP contribution < -0.4 is 11.2 Å². The first kappa shape index (κ1) is 20.4. The van der Waals surface area contributed by atoms with Crippen LogP contribution in [0.2, 0.25) is 0 Å². The molecule has 0 aliphatic heterocycles. The Bertz CT molecular complexity index is 1350. The smallest absolute Gasteiger partial charge is 0.292 e. The second-order valence-electron chi connectivity index (χ2n) is 7.65. The highest BCUT2D eigenvalue weighted by Crippen LogP contribution is 2.15. The summed E-state index contributed by atoms with van der Waals surface area (Å²) in [7, 11) is 0. The van der Waals surface area contributed by atoms with Gasteiger partial charge in [0, 0.05) is 18.0 Å². The number of carbonyl (C=O) groups is 1. The Kier molecular flexibility index (Phi) is 5.58. The number of hydrogen-bond acceptors (Lipinski definition) is 5. The minimum atomic E-state index is -0.566. The number of nitrogens with zero attached hydrogens (tertiary/aromatic N) is 4. The van der Waals surface area contributed by atoms with Crippen LogP contribution in [0.25, 0.3) is 11.0 Å². The molecule has 0 radical (unpaired) electrons. The van der Waals surface area contributed by atoms with Crippen molar-refractivity contribution in [1.82, 2.24) is 19.1 Å². The number of ketones is 1. The first-order valence-electron chi connectivity index (χ1n) is 10.1. The molecule has 0 saturated carbocycles. The van der Waals surface area contributed by atoms with Gasteiger partial charge in [-0.15, -0.1) is 0 Å². The summed E-state index contributed by atoms with van der Waals surface area (Å²) in [4.78, 5) is 47.5. The third-order valence-electron chi connectivity index (χ3n) is 5.23. The van der Waals surface area contributed by atoms with Crippen LogP contribution in [-0.4, -0.2) is 24.9 Å². The van der Waals surface area contributed by atoms with E-state index in [1.807, 2.05) is 12.1 Å². The molecule has 7 heteroatoms. The summed E-state index contributed by atoms with van der Waals surface area (Å²) in [6.45, 7) is 3.98. The first-order valence-corrected chi connectivity index (χ1v) is 10.1. The third-order valence-corrected chi connectivity index (χ3v) is 5.23. The Morgan fingerprint density at radius 3 is 2.32 bits per heavy atom. The lowest BCUT2D eigenvalue weighted by molar-refractivity contribution is 0.0971. The van der Waals surface area contributed by atoms with Crippen LogP contribution in [0, 0.1) is 0 Å². The summed E-state index contributed by atoms with van der Waals surface area (Å²) in [6, 6.07) is 15.9. The maximum absolute atomic E-state index is 13.2. The van der Waals surface area contributed by atoms with Crippen molar-refractivity contribution in [3.63, 3.8) is 0 Å². The van der Waals surface area contributed by atoms with Crippen LogP contribution >= 0.6 is 0 Å². The number of benzene rings is 1. The normalized spacial score (nSPS) is 11.2. The highest BCUT2D eigenvalue weighted by atomic mass is 16.2. The average molecular weight is 414 g/mol. The van der Waals surface area contributed by atoms with E-state index in [2.05, 4.69) is 23.8 Å². The predicted octanol–water partition coefficient (Wildman–Crippen LogP) is 3.01. The van der Waals surface area contributed by atoms with E-state index in [4.69, 9.17) is 0 Å². The Balaban J connectivity index is 1.78. The molecule has 0 spiro atoms. The molecule has 0 saturated heterocycles. The molecule has 4 rings (SSSR count). The number of carbonyl (C=O) groups excluding carboxylic acids is 1. The van der Waals surface area contributed by atoms with Crippen molar-refractivity contribution in [2.75, 3.05) is 0 Å². The average Bonchev–Trinajstić information content (AvgIpc) is 2.80. The maximum Gasteiger partial charge on any atom is 0.332 e. The van der Waals surface area contributed by atoms with Crippen LogP contribution in [0.1, 0.15) is 41.4 Å². The molecule has 0 aliphatic rings. The minimum Gasteiger partial charge on any atom is -0.292 e. The highest BCUT2D eigenvalue weighted by Gasteiger charge is 2.17. The summed E-state index contributed by atoms with van der Waals surface area (Å²) in [5.41, 5.74) is 1.62. The zero-order valence-corrected chi connectivity index (χ0v) is 17.4. The second kappa shape index (κ2) is 8.47. The molecule has 3 aromatic heterocycles. The Hall–Kier alpha value is -3.87. The van der Waals surface area contributed by atoms with Gasteiger partial charge in [-0.3, -0.25) is 23.7 Å². The molecule has 156 valence electrons. The molecule has 3 heterocycles. The van der Waals surface area contributed by atoms with Gasteiger partial charge in [-0.05, 0) is 35.7 Å². The van der Waals surface area contributed by atoms with Crippen LogP contribution in [0.3, 0.4) is 0 Å². The van der Waals surface area contributed by atoms with E-state index in [0.717, 1.165) is 10.1 Å². The third kappa shape index (κ3) is 4.07. The van der Waals surface area contributed by atoms with Crippen LogP contribution in [0.15, 0.2) is 76.6 Å². The number of Topliss-reactive ketones (excluding diaryl/α,β-unsaturated/α-hetero) is 1. The standard InChI is InChI=1S/C24H22N4O3/c1-16(2)17-8-10-18(11-9-17)21(29)15-27-20-7-5-13-26-22(20)23(30)28(24(27)31)14-19-6-3-4-12-25-19/h3-13,16H,14-15H2,1-2H3. The van der Waals surface area contributed by atoms with Gasteiger partial charge in [0.05, 0.1) is 24.3 Å². The van der Waals surface area contributed by atoms with Gasteiger partial charge in [-0.2, -0.15) is 0 Å². The summed E-state index contributed by atoms with van der Waals surface area (Å²) in [6.07, 6.45) is 3.10. The van der Waals surface area contributed by atoms with Gasteiger partial charge in [-0.1, -0.05) is 44.2 Å². The fourth-order valence-corrected chi connectivity index (χ4v) is 3.48. The monoisotopic (exact) mass is 414 g/mol. The molecule has 0 atom stereocenters. The molecule has 0 bridgehead atoms. The molecule has 0 amide bonds. The zero-order chi connectivity index (χ0) is 22.0. The van der Waals surface area contributed by atoms with Crippen molar-refractivity contribution in [3.8, 4) is 0 Å². The predicted molar refractivity (Wildman–Crippen MR) is 118 cm³/mol. The van der Waals surface area contributed by atoms with Gasteiger partial charge in [0.1, 0.15) is 0 Å². The Labute approximate surface area is 178 Å². The molecule has 0 fully saturated rings. The van der Waals surface area contributed by atoms with Gasteiger partial charge in [-0.25, -0.2) is 9.78 Å². The number of aromatic nitrogens is 4. The van der Waals surface area contributed by atoms with E-state index in [-0.39, 0.29) is 24.4 Å². The van der Waals surface area contributed by atoms with E-state index in [1.165, 1.54) is 10.8 Å². The SMILES string of the molecule is CC(C)c1ccc(C(=O)Cn2c(=O)n(Cc3ccccn3)c(=O)c3ncccc32)cc1. The molecule has 0 unspecified atom stereocenters. The summed E-state index contributed by atoms with van der Waals surface area (Å²) in [5, 5.41) is 0. The van der Waals surface area contributed by atoms with E-state index in [1.54, 1.807) is 48.7 Å². The van der Waals surface area contributed by atoms with Crippen molar-refractivity contribution in [2.45, 2.75) is 32.9 Å². The maximum atomic E-state index is 13.2. The number of fused-ring (bicyclic) bond motifs is 1. The highest BCUT2D eigenvalue weighted by molar-refractivity contribution is 5.96. The lowest BCUT2D eigenvalue weighted by Crippen LogP contribution is -2.41. The molecule has 0 N–H and O–H groups in total. The van der Waals surface area contributed by atoms with Gasteiger partial charge >= 0.3 is 5.69 Å². The zero-order valence-electron chi connectivity index (χ0n) is 17.4. The van der Waals surface area contributed by atoms with E-state index >= 15 is 0 Å². The van der Waals surface area contributed by atoms with Gasteiger partial charge < -0.3 is 0 Å². The molecule has 0 aliphatic carbocycles. The van der Waals surface area contributed by atoms with Crippen LogP contribution in [0.5, 0.6) is 0 Å². The first-order chi connectivity index (χ1) is 15.0. The fraction of sp³-hybridized carbons (Fsp3) is 0.208. The van der Waals surface area contributed by atoms with Crippen molar-refractivity contribution >= 4 is 16.8 Å². The van der Waals surface area contributed by atoms with Crippen molar-refractivity contribution in [2.24, 2.45) is 0 Å². The second-order valence-corrected chi connectivity index (χ2v) is 7.65. The fourth-order valence-electron chi connectivity index (χ4n) is 3.48. The largest absolute Gasteiger partial charge is 0.332 e. The topological polar surface area (TPSA) is 86.9 Å². The van der Waals surface area contributed by atoms with Crippen LogP contribution in [-0.2, 0) is 13.1 Å². The van der Waals surface area contributed by atoms with Crippen molar-refractivity contribution < 1.29 is 4.79 Å². The van der Waals surface area contributed by atoms with E-state index in [9.17, 15) is 14.4 Å². The Morgan fingerprint density at radius 1 is 0.903 bits per heavy atom. The number of rotatable bonds is 6. The molecule has 1 aromatic carbocycles. The minimum absolute atomic E-state index is 0.00228. The lowest BCUT2D eigenvalue weighted by Gasteiger charge is -2.13. The molecular formula is C24H22N4O3. The molecule has 31 heavy (non-hydrogen) atoms. The van der Waals surface area contributed by atoms with Gasteiger partial charge in [0.25, 0.3) is 5.56 Å². The van der Waals surface area contributed by atoms with E-state index < -0.39 is 11.2 Å². The van der Waals surface area contributed by atoms with Crippen molar-refractivity contribution in [3.05, 3.63) is 105 Å². The van der Waals surface area contributed by atoms with Gasteiger partial charge in [0.2, 0.25) is 0 Å². The number of hydrogen-bond donors (Lipinski definition) is 0. The molecule has 7 nitrogen and oxygen atoms in total. The lowest BCUT2D eigenvalue weighted by atomic mass is 10.0. The van der Waals surface area contributed by atoms with E-state index in [0.29, 0.717) is 22.7 Å². The van der Waals surface area contributed by atoms with Crippen LogP contribution in [0.4, 0.5) is 0 Å². The summed E-state index contributed by atoms with van der Waals surface area (Å²) < 4.78 is 2.39. The molecular weight excluding hydrogens is 392 g/mol. The van der Waals surface area contributed by atoms with Gasteiger partial charge in [0.15, 0.2) is 11.3 Å². The Morgan fingerprint density at radius 2 is 1.65 bits per heavy atom. The van der Waals surface area contributed by atoms with Crippen molar-refractivity contribution in [1.29, 1.82) is 0 Å². The quantitative estimate of drug-likeness (QED) is 0.453. The molecule has 4 aromatic rings.